The highest BCUT2D eigenvalue weighted by atomic mass is 16.5. The fourth-order valence-corrected chi connectivity index (χ4v) is 4.08. The average molecular weight is 423 g/mol. The van der Waals surface area contributed by atoms with Crippen molar-refractivity contribution in [3.05, 3.63) is 65.5 Å². The van der Waals surface area contributed by atoms with Gasteiger partial charge in [0.2, 0.25) is 0 Å². The van der Waals surface area contributed by atoms with Crippen molar-refractivity contribution in [1.82, 2.24) is 30.0 Å². The summed E-state index contributed by atoms with van der Waals surface area (Å²) < 4.78 is 13.2. The zero-order chi connectivity index (χ0) is 21.6. The van der Waals surface area contributed by atoms with Crippen LogP contribution in [0, 0.1) is 0 Å². The second-order valence-corrected chi connectivity index (χ2v) is 7.85. The van der Waals surface area contributed by atoms with E-state index in [1.165, 1.54) is 5.56 Å². The Balaban J connectivity index is 1.70. The monoisotopic (exact) mass is 422 g/mol. The lowest BCUT2D eigenvalue weighted by molar-refractivity contribution is 0.120. The minimum atomic E-state index is -0.121. The van der Waals surface area contributed by atoms with E-state index in [0.29, 0.717) is 6.54 Å². The van der Waals surface area contributed by atoms with Gasteiger partial charge in [0.05, 0.1) is 14.2 Å². The number of tetrazole rings is 1. The van der Waals surface area contributed by atoms with Gasteiger partial charge in [-0.3, -0.25) is 4.90 Å². The highest BCUT2D eigenvalue weighted by Gasteiger charge is 2.32. The molecule has 0 unspecified atom stereocenters. The maximum Gasteiger partial charge on any atom is 0.173 e. The third kappa shape index (κ3) is 4.86. The first-order valence-corrected chi connectivity index (χ1v) is 10.6. The fraction of sp³-hybridized carbons (Fsp3) is 0.435. The Kier molecular flexibility index (Phi) is 6.79. The Hall–Kier alpha value is -2.97. The SMILES string of the molecule is COc1ccc(OC)c([C@@H](c2nnnn2CCc2ccccc2)N2CCN(C)CC2)c1. The number of rotatable bonds is 8. The van der Waals surface area contributed by atoms with E-state index in [9.17, 15) is 0 Å². The number of hydrogen-bond donors (Lipinski definition) is 0. The molecule has 0 N–H and O–H groups in total. The smallest absolute Gasteiger partial charge is 0.173 e. The molecule has 8 nitrogen and oxygen atoms in total. The first kappa shape index (κ1) is 21.3. The summed E-state index contributed by atoms with van der Waals surface area (Å²) in [5.74, 6) is 2.42. The van der Waals surface area contributed by atoms with Crippen LogP contribution in [0.4, 0.5) is 0 Å². The Morgan fingerprint density at radius 1 is 0.968 bits per heavy atom. The van der Waals surface area contributed by atoms with Crippen LogP contribution in [-0.2, 0) is 13.0 Å². The standard InChI is InChI=1S/C23H30N6O2/c1-27-13-15-28(16-14-27)22(20-17-19(30-2)9-10-21(20)31-3)23-24-25-26-29(23)12-11-18-7-5-4-6-8-18/h4-10,17,22H,11-16H2,1-3H3/t22-/m0/s1. The molecule has 0 aliphatic carbocycles. The molecule has 1 aromatic heterocycles. The van der Waals surface area contributed by atoms with Crippen LogP contribution < -0.4 is 9.47 Å². The fourth-order valence-electron chi connectivity index (χ4n) is 4.08. The maximum atomic E-state index is 5.73. The summed E-state index contributed by atoms with van der Waals surface area (Å²) in [6.45, 7) is 4.55. The molecule has 3 aromatic rings. The lowest BCUT2D eigenvalue weighted by atomic mass is 10.0. The van der Waals surface area contributed by atoms with Crippen LogP contribution in [0.5, 0.6) is 11.5 Å². The molecule has 1 aliphatic rings. The van der Waals surface area contributed by atoms with Gasteiger partial charge in [0, 0.05) is 38.3 Å². The zero-order valence-corrected chi connectivity index (χ0v) is 18.4. The van der Waals surface area contributed by atoms with Crippen LogP contribution >= 0.6 is 0 Å². The van der Waals surface area contributed by atoms with Crippen molar-refractivity contribution in [3.63, 3.8) is 0 Å². The number of nitrogens with zero attached hydrogens (tertiary/aromatic N) is 6. The van der Waals surface area contributed by atoms with Gasteiger partial charge in [-0.1, -0.05) is 30.3 Å². The molecule has 0 saturated carbocycles. The molecule has 1 aliphatic heterocycles. The second kappa shape index (κ2) is 9.89. The molecular formula is C23H30N6O2. The van der Waals surface area contributed by atoms with E-state index < -0.39 is 0 Å². The summed E-state index contributed by atoms with van der Waals surface area (Å²) in [5, 5.41) is 12.9. The first-order chi connectivity index (χ1) is 15.2. The number of aryl methyl sites for hydroxylation is 2. The Morgan fingerprint density at radius 2 is 1.74 bits per heavy atom. The second-order valence-electron chi connectivity index (χ2n) is 7.85. The van der Waals surface area contributed by atoms with Crippen LogP contribution in [0.2, 0.25) is 0 Å². The Labute approximate surface area is 183 Å². The Bertz CT molecular complexity index is 969. The van der Waals surface area contributed by atoms with Crippen molar-refractivity contribution in [2.75, 3.05) is 47.4 Å². The van der Waals surface area contributed by atoms with E-state index in [0.717, 1.165) is 55.5 Å². The normalized spacial score (nSPS) is 16.2. The first-order valence-electron chi connectivity index (χ1n) is 10.6. The van der Waals surface area contributed by atoms with Crippen molar-refractivity contribution in [3.8, 4) is 11.5 Å². The summed E-state index contributed by atoms with van der Waals surface area (Å²) in [4.78, 5) is 4.77. The minimum absolute atomic E-state index is 0.121. The third-order valence-corrected chi connectivity index (χ3v) is 5.89. The number of benzene rings is 2. The number of ether oxygens (including phenoxy) is 2. The summed E-state index contributed by atoms with van der Waals surface area (Å²) >= 11 is 0. The van der Waals surface area contributed by atoms with E-state index in [2.05, 4.69) is 56.6 Å². The number of piperazine rings is 1. The molecule has 0 radical (unpaired) electrons. The van der Waals surface area contributed by atoms with E-state index in [1.54, 1.807) is 14.2 Å². The number of methoxy groups -OCH3 is 2. The quantitative estimate of drug-likeness (QED) is 0.552. The van der Waals surface area contributed by atoms with Gasteiger partial charge in [-0.15, -0.1) is 5.10 Å². The average Bonchev–Trinajstić information content (AvgIpc) is 3.28. The topological polar surface area (TPSA) is 68.5 Å². The molecular weight excluding hydrogens is 392 g/mol. The lowest BCUT2D eigenvalue weighted by Gasteiger charge is -2.37. The number of aromatic nitrogens is 4. The maximum absolute atomic E-state index is 5.73. The summed E-state index contributed by atoms with van der Waals surface area (Å²) in [5.41, 5.74) is 2.28. The van der Waals surface area contributed by atoms with Crippen LogP contribution in [0.15, 0.2) is 48.5 Å². The highest BCUT2D eigenvalue weighted by Crippen LogP contribution is 2.36. The molecule has 2 heterocycles. The van der Waals surface area contributed by atoms with Gasteiger partial charge in [-0.05, 0) is 47.7 Å². The van der Waals surface area contributed by atoms with Crippen LogP contribution in [0.1, 0.15) is 23.0 Å². The van der Waals surface area contributed by atoms with E-state index >= 15 is 0 Å². The predicted molar refractivity (Wildman–Crippen MR) is 118 cm³/mol. The molecule has 8 heteroatoms. The van der Waals surface area contributed by atoms with Crippen molar-refractivity contribution in [2.45, 2.75) is 19.0 Å². The molecule has 31 heavy (non-hydrogen) atoms. The van der Waals surface area contributed by atoms with Crippen LogP contribution in [-0.4, -0.2) is 77.5 Å². The number of likely N-dealkylation sites (N-methyl/N-ethyl adjacent to an activating group) is 1. The largest absolute Gasteiger partial charge is 0.497 e. The minimum Gasteiger partial charge on any atom is -0.497 e. The highest BCUT2D eigenvalue weighted by molar-refractivity contribution is 5.44. The lowest BCUT2D eigenvalue weighted by Crippen LogP contribution is -2.46. The van der Waals surface area contributed by atoms with Gasteiger partial charge in [0.1, 0.15) is 17.5 Å². The van der Waals surface area contributed by atoms with Gasteiger partial charge in [-0.2, -0.15) is 0 Å². The van der Waals surface area contributed by atoms with Gasteiger partial charge < -0.3 is 14.4 Å². The summed E-state index contributed by atoms with van der Waals surface area (Å²) in [6.07, 6.45) is 0.865. The Morgan fingerprint density at radius 3 is 2.45 bits per heavy atom. The van der Waals surface area contributed by atoms with E-state index in [-0.39, 0.29) is 6.04 Å². The zero-order valence-electron chi connectivity index (χ0n) is 18.4. The summed E-state index contributed by atoms with van der Waals surface area (Å²) in [6, 6.07) is 16.2. The molecule has 0 spiro atoms. The molecule has 164 valence electrons. The molecule has 2 aromatic carbocycles. The van der Waals surface area contributed by atoms with Crippen molar-refractivity contribution in [1.29, 1.82) is 0 Å². The van der Waals surface area contributed by atoms with E-state index in [1.807, 2.05) is 28.9 Å². The van der Waals surface area contributed by atoms with E-state index in [4.69, 9.17) is 9.47 Å². The van der Waals surface area contributed by atoms with Gasteiger partial charge in [0.15, 0.2) is 5.82 Å². The van der Waals surface area contributed by atoms with Crippen molar-refractivity contribution in [2.24, 2.45) is 0 Å². The van der Waals surface area contributed by atoms with Crippen molar-refractivity contribution < 1.29 is 9.47 Å². The van der Waals surface area contributed by atoms with Crippen molar-refractivity contribution >= 4 is 0 Å². The predicted octanol–water partition coefficient (Wildman–Crippen LogP) is 2.27. The molecule has 1 atom stereocenters. The van der Waals surface area contributed by atoms with Gasteiger partial charge in [-0.25, -0.2) is 4.68 Å². The van der Waals surface area contributed by atoms with Gasteiger partial charge >= 0.3 is 0 Å². The summed E-state index contributed by atoms with van der Waals surface area (Å²) in [7, 11) is 5.54. The van der Waals surface area contributed by atoms with Crippen LogP contribution in [0.3, 0.4) is 0 Å². The third-order valence-electron chi connectivity index (χ3n) is 5.89. The molecule has 1 saturated heterocycles. The van der Waals surface area contributed by atoms with Crippen LogP contribution in [0.25, 0.3) is 0 Å². The van der Waals surface area contributed by atoms with Gasteiger partial charge in [0.25, 0.3) is 0 Å². The number of hydrogen-bond acceptors (Lipinski definition) is 7. The molecule has 1 fully saturated rings. The molecule has 0 bridgehead atoms. The molecule has 0 amide bonds. The molecule has 4 rings (SSSR count).